The lowest BCUT2D eigenvalue weighted by atomic mass is 9.88. The van der Waals surface area contributed by atoms with E-state index in [1.807, 2.05) is 0 Å². The van der Waals surface area contributed by atoms with Gasteiger partial charge in [0.2, 0.25) is 5.60 Å². The largest absolute Gasteiger partial charge is 0.466 e. The van der Waals surface area contributed by atoms with Crippen LogP contribution in [0.25, 0.3) is 0 Å². The molecule has 6 nitrogen and oxygen atoms in total. The van der Waals surface area contributed by atoms with Crippen LogP contribution in [0.4, 0.5) is 5.69 Å². The van der Waals surface area contributed by atoms with Crippen molar-refractivity contribution < 1.29 is 24.2 Å². The molecule has 0 aromatic heterocycles. The zero-order valence-corrected chi connectivity index (χ0v) is 12.7. The van der Waals surface area contributed by atoms with Gasteiger partial charge in [-0.05, 0) is 6.07 Å². The highest BCUT2D eigenvalue weighted by atomic mass is 16.5. The number of amides is 1. The molecule has 0 saturated carbocycles. The third-order valence-corrected chi connectivity index (χ3v) is 3.62. The molecule has 1 heterocycles. The minimum atomic E-state index is -2.17. The van der Waals surface area contributed by atoms with Crippen LogP contribution >= 0.6 is 0 Å². The van der Waals surface area contributed by atoms with Crippen LogP contribution in [0, 0.1) is 12.3 Å². The predicted octanol–water partition coefficient (Wildman–Crippen LogP) is 0.947. The topological polar surface area (TPSA) is 76.1 Å². The van der Waals surface area contributed by atoms with E-state index in [1.54, 1.807) is 24.3 Å². The fourth-order valence-electron chi connectivity index (χ4n) is 2.41. The van der Waals surface area contributed by atoms with Crippen molar-refractivity contribution in [1.82, 2.24) is 0 Å². The molecule has 120 valence electrons. The molecule has 1 aliphatic rings. The fourth-order valence-corrected chi connectivity index (χ4v) is 2.41. The quantitative estimate of drug-likeness (QED) is 0.366. The van der Waals surface area contributed by atoms with Crippen molar-refractivity contribution >= 4 is 17.6 Å². The van der Waals surface area contributed by atoms with E-state index in [1.165, 1.54) is 4.90 Å². The zero-order valence-electron chi connectivity index (χ0n) is 12.7. The second kappa shape index (κ2) is 6.65. The summed E-state index contributed by atoms with van der Waals surface area (Å²) in [6.07, 6.45) is 5.55. The van der Waals surface area contributed by atoms with Crippen LogP contribution < -0.4 is 4.90 Å². The maximum Gasteiger partial charge on any atom is 0.336 e. The molecule has 23 heavy (non-hydrogen) atoms. The molecule has 0 fully saturated rings. The number of fused-ring (bicyclic) bond motifs is 1. The summed E-state index contributed by atoms with van der Waals surface area (Å²) in [7, 11) is 1.16. The first kappa shape index (κ1) is 16.7. The molecule has 0 spiro atoms. The number of hydrogen-bond donors (Lipinski definition) is 1. The number of para-hydroxylation sites is 1. The first-order valence-electron chi connectivity index (χ1n) is 6.91. The van der Waals surface area contributed by atoms with Gasteiger partial charge in [-0.3, -0.25) is 9.69 Å². The molecule has 1 aromatic rings. The number of rotatable bonds is 6. The van der Waals surface area contributed by atoms with Gasteiger partial charge in [-0.1, -0.05) is 24.8 Å². The molecule has 6 heteroatoms. The smallest absolute Gasteiger partial charge is 0.336 e. The lowest BCUT2D eigenvalue weighted by molar-refractivity contribution is -0.144. The summed E-state index contributed by atoms with van der Waals surface area (Å²) in [4.78, 5) is 25.7. The van der Waals surface area contributed by atoms with Gasteiger partial charge in [0, 0.05) is 12.0 Å². The first-order valence-corrected chi connectivity index (χ1v) is 6.91. The Kier molecular flexibility index (Phi) is 4.84. The van der Waals surface area contributed by atoms with Crippen LogP contribution in [0.1, 0.15) is 12.0 Å². The monoisotopic (exact) mass is 315 g/mol. The summed E-state index contributed by atoms with van der Waals surface area (Å²) >= 11 is 0. The highest BCUT2D eigenvalue weighted by Crippen LogP contribution is 2.44. The Labute approximate surface area is 134 Å². The molecule has 1 N–H and O–H groups in total. The second-order valence-corrected chi connectivity index (χ2v) is 4.92. The van der Waals surface area contributed by atoms with Gasteiger partial charge >= 0.3 is 5.97 Å². The number of aliphatic hydroxyl groups is 1. The van der Waals surface area contributed by atoms with E-state index in [0.717, 1.165) is 7.11 Å². The Morgan fingerprint density at radius 2 is 2.17 bits per heavy atom. The third-order valence-electron chi connectivity index (χ3n) is 3.62. The number of esters is 1. The molecule has 1 atom stereocenters. The number of anilines is 1. The fraction of sp³-hybridized carbons (Fsp3) is 0.294. The Morgan fingerprint density at radius 1 is 1.48 bits per heavy atom. The van der Waals surface area contributed by atoms with Gasteiger partial charge in [0.25, 0.3) is 5.91 Å². The first-order chi connectivity index (χ1) is 11.0. The summed E-state index contributed by atoms with van der Waals surface area (Å²) in [5, 5.41) is 10.9. The van der Waals surface area contributed by atoms with Crippen LogP contribution in [0.5, 0.6) is 0 Å². The van der Waals surface area contributed by atoms with Gasteiger partial charge in [-0.15, -0.1) is 12.3 Å². The summed E-state index contributed by atoms with van der Waals surface area (Å²) in [6, 6.07) is 6.58. The summed E-state index contributed by atoms with van der Waals surface area (Å²) in [6.45, 7) is 3.72. The molecule has 1 aromatic carbocycles. The maximum absolute atomic E-state index is 12.7. The summed E-state index contributed by atoms with van der Waals surface area (Å²) in [5.74, 6) is 0.858. The van der Waals surface area contributed by atoms with Crippen LogP contribution in [0.15, 0.2) is 36.4 Å². The highest BCUT2D eigenvalue weighted by molar-refractivity contribution is 6.13. The Morgan fingerprint density at radius 3 is 2.83 bits per heavy atom. The number of terminal acetylenes is 1. The Hall–Kier alpha value is -2.62. The Bertz CT molecular complexity index is 690. The average molecular weight is 315 g/mol. The zero-order chi connectivity index (χ0) is 17.0. The number of methoxy groups -OCH3 is 1. The van der Waals surface area contributed by atoms with Crippen LogP contribution in [-0.2, 0) is 24.7 Å². The number of nitrogens with zero attached hydrogens (tertiary/aromatic N) is 1. The van der Waals surface area contributed by atoms with E-state index in [2.05, 4.69) is 17.2 Å². The van der Waals surface area contributed by atoms with Gasteiger partial charge in [0.15, 0.2) is 0 Å². The molecule has 0 saturated heterocycles. The third kappa shape index (κ3) is 2.72. The van der Waals surface area contributed by atoms with Crippen LogP contribution in [0.3, 0.4) is 0 Å². The standard InChI is InChI=1S/C17H17NO5/c1-4-5-10-23-11-18-14-9-7-6-8-13(14)17(21,16(18)20)12(2)15(19)22-3/h1,6-9,21H,2,5,10-11H2,3H3. The number of benzene rings is 1. The average Bonchev–Trinajstić information content (AvgIpc) is 2.80. The lowest BCUT2D eigenvalue weighted by Crippen LogP contribution is -2.44. The van der Waals surface area contributed by atoms with Gasteiger partial charge in [-0.25, -0.2) is 4.79 Å². The van der Waals surface area contributed by atoms with Gasteiger partial charge < -0.3 is 14.6 Å². The van der Waals surface area contributed by atoms with Crippen molar-refractivity contribution in [2.24, 2.45) is 0 Å². The second-order valence-electron chi connectivity index (χ2n) is 4.92. The number of carbonyl (C=O) groups is 2. The molecular weight excluding hydrogens is 298 g/mol. The van der Waals surface area contributed by atoms with E-state index in [-0.39, 0.29) is 24.5 Å². The van der Waals surface area contributed by atoms with Crippen molar-refractivity contribution in [3.05, 3.63) is 42.0 Å². The van der Waals surface area contributed by atoms with Crippen LogP contribution in [0.2, 0.25) is 0 Å². The van der Waals surface area contributed by atoms with E-state index in [0.29, 0.717) is 12.1 Å². The normalized spacial score (nSPS) is 19.2. The van der Waals surface area contributed by atoms with Crippen molar-refractivity contribution in [3.63, 3.8) is 0 Å². The van der Waals surface area contributed by atoms with E-state index < -0.39 is 17.5 Å². The molecule has 2 rings (SSSR count). The SMILES string of the molecule is C#CCCOCN1C(=O)C(O)(C(=C)C(=O)OC)c2ccccc21. The van der Waals surface area contributed by atoms with E-state index in [4.69, 9.17) is 11.2 Å². The maximum atomic E-state index is 12.7. The summed E-state index contributed by atoms with van der Waals surface area (Å²) < 4.78 is 9.93. The van der Waals surface area contributed by atoms with Crippen molar-refractivity contribution in [3.8, 4) is 12.3 Å². The minimum absolute atomic E-state index is 0.0890. The van der Waals surface area contributed by atoms with Crippen molar-refractivity contribution in [1.29, 1.82) is 0 Å². The Balaban J connectivity index is 2.36. The van der Waals surface area contributed by atoms with Gasteiger partial charge in [-0.2, -0.15) is 0 Å². The molecule has 1 amide bonds. The lowest BCUT2D eigenvalue weighted by Gasteiger charge is -2.23. The molecule has 1 aliphatic heterocycles. The number of carbonyl (C=O) groups excluding carboxylic acids is 2. The van der Waals surface area contributed by atoms with Crippen molar-refractivity contribution in [2.45, 2.75) is 12.0 Å². The molecule has 1 unspecified atom stereocenters. The van der Waals surface area contributed by atoms with Gasteiger partial charge in [0.1, 0.15) is 6.73 Å². The number of ether oxygens (including phenoxy) is 2. The number of hydrogen-bond acceptors (Lipinski definition) is 5. The molecule has 0 radical (unpaired) electrons. The predicted molar refractivity (Wildman–Crippen MR) is 83.2 cm³/mol. The molecule has 0 bridgehead atoms. The van der Waals surface area contributed by atoms with Crippen LogP contribution in [-0.4, -0.2) is 37.4 Å². The van der Waals surface area contributed by atoms with Gasteiger partial charge in [0.05, 0.1) is 25.0 Å². The molecular formula is C17H17NO5. The van der Waals surface area contributed by atoms with Crippen molar-refractivity contribution in [2.75, 3.05) is 25.3 Å². The minimum Gasteiger partial charge on any atom is -0.466 e. The summed E-state index contributed by atoms with van der Waals surface area (Å²) in [5.41, 5.74) is -1.80. The van der Waals surface area contributed by atoms with E-state index >= 15 is 0 Å². The van der Waals surface area contributed by atoms with E-state index in [9.17, 15) is 14.7 Å². The molecule has 0 aliphatic carbocycles. The highest BCUT2D eigenvalue weighted by Gasteiger charge is 2.53.